The van der Waals surface area contributed by atoms with Crippen LogP contribution < -0.4 is 71.5 Å². The van der Waals surface area contributed by atoms with Gasteiger partial charge in [-0.15, -0.1) is 12.4 Å². The van der Waals surface area contributed by atoms with E-state index in [0.29, 0.717) is 6.54 Å². The van der Waals surface area contributed by atoms with E-state index in [9.17, 15) is 0 Å². The van der Waals surface area contributed by atoms with Gasteiger partial charge in [-0.3, -0.25) is 0 Å². The van der Waals surface area contributed by atoms with E-state index >= 15 is 0 Å². The van der Waals surface area contributed by atoms with Crippen molar-refractivity contribution >= 4 is 80.2 Å². The molecule has 0 unspecified atom stereocenters. The summed E-state index contributed by atoms with van der Waals surface area (Å²) in [7, 11) is 9.90. The number of unbranched alkanes of at least 4 members (excludes halogenated alkanes) is 2. The van der Waals surface area contributed by atoms with Gasteiger partial charge in [-0.25, -0.2) is 4.28 Å². The molecule has 0 atom stereocenters. The van der Waals surface area contributed by atoms with Gasteiger partial charge >= 0.3 is 117 Å². The zero-order valence-corrected chi connectivity index (χ0v) is 25.2. The topological polar surface area (TPSA) is 21.7 Å². The summed E-state index contributed by atoms with van der Waals surface area (Å²) in [4.78, 5) is 0. The fourth-order valence-corrected chi connectivity index (χ4v) is 0.830. The van der Waals surface area contributed by atoms with E-state index in [4.69, 9.17) is 31.2 Å². The maximum absolute atomic E-state index is 5.00. The Morgan fingerprint density at radius 3 is 1.89 bits per heavy atom. The van der Waals surface area contributed by atoms with Gasteiger partial charge in [-0.05, 0) is 11.6 Å². The molecule has 0 aliphatic rings. The second-order valence-corrected chi connectivity index (χ2v) is 6.94. The molecule has 0 bridgehead atoms. The Morgan fingerprint density at radius 2 is 1.67 bits per heavy atom. The number of halogens is 5. The summed E-state index contributed by atoms with van der Waals surface area (Å²) in [6.45, 7) is 2.76. The summed E-state index contributed by atoms with van der Waals surface area (Å²) >= 11 is 7.58. The van der Waals surface area contributed by atoms with Crippen LogP contribution in [0.2, 0.25) is 0 Å². The van der Waals surface area contributed by atoms with Crippen molar-refractivity contribution in [3.05, 3.63) is 0 Å². The number of hydrogen-bond donors (Lipinski definition) is 1. The van der Waals surface area contributed by atoms with Gasteiger partial charge in [0, 0.05) is 12.9 Å². The van der Waals surface area contributed by atoms with E-state index in [-0.39, 0.29) is 109 Å². The van der Waals surface area contributed by atoms with Crippen molar-refractivity contribution in [3.8, 4) is 0 Å². The summed E-state index contributed by atoms with van der Waals surface area (Å²) in [5, 5.41) is 1.11. The van der Waals surface area contributed by atoms with Gasteiger partial charge in [0.15, 0.2) is 0 Å². The Hall–Kier alpha value is 5.09. The van der Waals surface area contributed by atoms with Gasteiger partial charge in [0.05, 0.1) is 18.4 Å². The molecule has 104 valence electrons. The van der Waals surface area contributed by atoms with E-state index in [2.05, 4.69) is 28.5 Å². The molecule has 0 aromatic rings. The van der Waals surface area contributed by atoms with E-state index in [1.165, 1.54) is 0 Å². The SMILES string of the molecule is CCCCCN(OS)OCl.Cl.[Cl-].[Cl][Zn][Cl].[H-].[Na+].[Na+].[TeH2]. The molecule has 0 radical (unpaired) electrons. The molecule has 0 amide bonds. The Labute approximate surface area is 211 Å². The first-order valence-electron chi connectivity index (χ1n) is 3.76. The molecule has 3 nitrogen and oxygen atoms in total. The van der Waals surface area contributed by atoms with Crippen LogP contribution in [0.25, 0.3) is 0 Å². The molecule has 13 heteroatoms. The summed E-state index contributed by atoms with van der Waals surface area (Å²) in [5.41, 5.74) is 0. The Bertz CT molecular complexity index is 116. The zero-order chi connectivity index (χ0) is 10.5. The first-order valence-corrected chi connectivity index (χ1v) is 12.2. The fourth-order valence-electron chi connectivity index (χ4n) is 0.579. The van der Waals surface area contributed by atoms with Gasteiger partial charge in [0.25, 0.3) is 0 Å². The van der Waals surface area contributed by atoms with Gasteiger partial charge in [0.2, 0.25) is 0 Å². The number of hydroxylamine groups is 2. The Morgan fingerprint density at radius 1 is 1.28 bits per heavy atom. The van der Waals surface area contributed by atoms with E-state index < -0.39 is 15.1 Å². The fraction of sp³-hybridized carbons (Fsp3) is 1.00. The van der Waals surface area contributed by atoms with Crippen molar-refractivity contribution in [1.29, 1.82) is 0 Å². The molecule has 0 heterocycles. The number of rotatable bonds is 6. The van der Waals surface area contributed by atoms with Crippen molar-refractivity contribution in [2.24, 2.45) is 0 Å². The normalized spacial score (nSPS) is 6.56. The van der Waals surface area contributed by atoms with Crippen LogP contribution in [0, 0.1) is 0 Å². The first-order chi connectivity index (χ1) is 6.26. The van der Waals surface area contributed by atoms with Gasteiger partial charge in [-0.2, -0.15) is 4.39 Å². The van der Waals surface area contributed by atoms with Crippen molar-refractivity contribution < 1.29 is 96.8 Å². The average molecular weight is 570 g/mol. The molecule has 0 aliphatic carbocycles. The third-order valence-electron chi connectivity index (χ3n) is 1.11. The molecule has 0 N–H and O–H groups in total. The van der Waals surface area contributed by atoms with E-state index in [0.717, 1.165) is 24.5 Å². The van der Waals surface area contributed by atoms with Crippen molar-refractivity contribution in [3.63, 3.8) is 0 Å². The van der Waals surface area contributed by atoms with Crippen LogP contribution in [0.4, 0.5) is 0 Å². The molecule has 0 saturated carbocycles. The predicted molar refractivity (Wildman–Crippen MR) is 71.9 cm³/mol. The van der Waals surface area contributed by atoms with Gasteiger partial charge in [0.1, 0.15) is 0 Å². The third kappa shape index (κ3) is 42.9. The van der Waals surface area contributed by atoms with Crippen LogP contribution in [0.3, 0.4) is 0 Å². The summed E-state index contributed by atoms with van der Waals surface area (Å²) in [6.07, 6.45) is 3.28. The first kappa shape index (κ1) is 43.5. The molecule has 0 fully saturated rings. The van der Waals surface area contributed by atoms with Crippen LogP contribution in [0.5, 0.6) is 0 Å². The van der Waals surface area contributed by atoms with Gasteiger partial charge < -0.3 is 13.8 Å². The van der Waals surface area contributed by atoms with Crippen molar-refractivity contribution in [1.82, 2.24) is 5.23 Å². The molecule has 0 aliphatic heterocycles. The Kier molecular flexibility index (Phi) is 104. The molecule has 0 aromatic heterocycles. The number of hydrogen-bond acceptors (Lipinski definition) is 4. The number of nitrogens with zero attached hydrogens (tertiary/aromatic N) is 1. The van der Waals surface area contributed by atoms with E-state index in [1.54, 1.807) is 0 Å². The minimum absolute atomic E-state index is 0. The molecular weight excluding hydrogens is 554 g/mol. The van der Waals surface area contributed by atoms with Crippen LogP contribution in [0.1, 0.15) is 27.6 Å². The summed E-state index contributed by atoms with van der Waals surface area (Å²) in [6, 6.07) is 0. The quantitative estimate of drug-likeness (QED) is 0.113. The molecule has 18 heavy (non-hydrogen) atoms. The summed E-state index contributed by atoms with van der Waals surface area (Å²) in [5.74, 6) is 0. The molecule has 0 spiro atoms. The van der Waals surface area contributed by atoms with Crippen molar-refractivity contribution in [2.45, 2.75) is 26.2 Å². The summed E-state index contributed by atoms with van der Waals surface area (Å²) < 4.78 is 8.67. The molecular formula is C5H16Cl5NNa2O2STeZn. The average Bonchev–Trinajstić information content (AvgIpc) is 2.14. The van der Waals surface area contributed by atoms with Crippen LogP contribution in [-0.2, 0) is 23.8 Å². The second-order valence-electron chi connectivity index (χ2n) is 2.02. The minimum atomic E-state index is -0.931. The monoisotopic (exact) mass is 569 g/mol. The zero-order valence-electron chi connectivity index (χ0n) is 11.7. The van der Waals surface area contributed by atoms with Crippen LogP contribution >= 0.6 is 56.6 Å². The maximum atomic E-state index is 5.00. The van der Waals surface area contributed by atoms with Crippen LogP contribution in [0.15, 0.2) is 0 Å². The second kappa shape index (κ2) is 43.1. The van der Waals surface area contributed by atoms with Crippen LogP contribution in [-0.4, -0.2) is 35.4 Å². The standard InChI is InChI=1S/C5H12ClNO2S.4ClH.2Na.H2Te.Zn.H/c1-2-3-4-5-7(8-6)9-10;;;;;;;;;/h10H,2-5H2,1H3;4*1H;;;1H2;;/q;;;;;2*+1;;+2;-1/p-3. The Balaban J connectivity index is -0.0000000206. The van der Waals surface area contributed by atoms with Crippen molar-refractivity contribution in [2.75, 3.05) is 6.54 Å². The van der Waals surface area contributed by atoms with E-state index in [1.807, 2.05) is 0 Å². The third-order valence-corrected chi connectivity index (χ3v) is 1.45. The molecule has 0 rings (SSSR count). The predicted octanol–water partition coefficient (Wildman–Crippen LogP) is -5.65. The molecule has 0 aromatic carbocycles. The van der Waals surface area contributed by atoms with Gasteiger partial charge in [-0.1, -0.05) is 19.8 Å². The number of thiol groups is 1. The molecule has 0 saturated heterocycles.